The van der Waals surface area contributed by atoms with Crippen molar-refractivity contribution in [3.8, 4) is 0 Å². The Bertz CT molecular complexity index is 1400. The van der Waals surface area contributed by atoms with Crippen LogP contribution in [0.4, 0.5) is 10.6 Å². The maximum absolute atomic E-state index is 13.9. The molecule has 6 atom stereocenters. The number of nitrogens with zero attached hydrogens (tertiary/aromatic N) is 5. The van der Waals surface area contributed by atoms with Gasteiger partial charge in [-0.05, 0) is 19.8 Å². The molecule has 0 spiro atoms. The predicted molar refractivity (Wildman–Crippen MR) is 133 cm³/mol. The first-order valence-corrected chi connectivity index (χ1v) is 12.7. The molecule has 0 aliphatic carbocycles. The third kappa shape index (κ3) is 4.45. The van der Waals surface area contributed by atoms with Crippen LogP contribution in [-0.4, -0.2) is 79.8 Å². The largest absolute Gasteiger partial charge is 0.464 e. The fraction of sp³-hybridized carbons (Fsp3) is 0.440. The Morgan fingerprint density at radius 1 is 1.10 bits per heavy atom. The molecule has 4 unspecified atom stereocenters. The van der Waals surface area contributed by atoms with E-state index in [4.69, 9.17) is 24.7 Å². The molecule has 14 nitrogen and oxygen atoms in total. The van der Waals surface area contributed by atoms with Gasteiger partial charge in [-0.1, -0.05) is 30.3 Å². The highest BCUT2D eigenvalue weighted by molar-refractivity contribution is 5.95. The van der Waals surface area contributed by atoms with E-state index < -0.39 is 48.9 Å². The minimum absolute atomic E-state index is 0.133. The number of carbonyl (C=O) groups is 3. The van der Waals surface area contributed by atoms with Crippen LogP contribution in [0.15, 0.2) is 43.0 Å². The summed E-state index contributed by atoms with van der Waals surface area (Å²) in [6.45, 7) is 2.35. The van der Waals surface area contributed by atoms with Gasteiger partial charge >= 0.3 is 12.0 Å². The van der Waals surface area contributed by atoms with Gasteiger partial charge in [0.15, 0.2) is 35.6 Å². The molecule has 39 heavy (non-hydrogen) atoms. The van der Waals surface area contributed by atoms with Crippen LogP contribution >= 0.6 is 0 Å². The van der Waals surface area contributed by atoms with Crippen molar-refractivity contribution >= 4 is 34.9 Å². The van der Waals surface area contributed by atoms with Gasteiger partial charge in [-0.25, -0.2) is 24.5 Å². The lowest BCUT2D eigenvalue weighted by Gasteiger charge is -2.27. The number of likely N-dealkylation sites (tertiary alicyclic amines) is 1. The molecule has 6 rings (SSSR count). The number of aromatic nitrogens is 4. The first kappa shape index (κ1) is 25.2. The van der Waals surface area contributed by atoms with E-state index in [1.54, 1.807) is 11.5 Å². The monoisotopic (exact) mass is 537 g/mol. The SMILES string of the molecule is CCOC(=O)[C@@H]1CCCN1C(=O)C1OC(n2cnc3c(NC(N)=O)ncnc32)C2O[C@@H](c3ccccc3)OC12. The van der Waals surface area contributed by atoms with E-state index in [9.17, 15) is 14.4 Å². The van der Waals surface area contributed by atoms with Crippen LogP contribution in [0.2, 0.25) is 0 Å². The number of urea groups is 1. The second-order valence-corrected chi connectivity index (χ2v) is 9.37. The van der Waals surface area contributed by atoms with Gasteiger partial charge in [0.2, 0.25) is 0 Å². The molecule has 3 N–H and O–H groups in total. The summed E-state index contributed by atoms with van der Waals surface area (Å²) in [6.07, 6.45) is -0.247. The van der Waals surface area contributed by atoms with Crippen LogP contribution in [0.1, 0.15) is 37.8 Å². The number of benzene rings is 1. The Kier molecular flexibility index (Phi) is 6.58. The fourth-order valence-corrected chi connectivity index (χ4v) is 5.36. The van der Waals surface area contributed by atoms with Crippen molar-refractivity contribution in [2.75, 3.05) is 18.5 Å². The zero-order chi connectivity index (χ0) is 27.1. The van der Waals surface area contributed by atoms with E-state index in [1.807, 2.05) is 30.3 Å². The molecule has 0 saturated carbocycles. The van der Waals surface area contributed by atoms with E-state index in [2.05, 4.69) is 20.3 Å². The lowest BCUT2D eigenvalue weighted by molar-refractivity contribution is -0.172. The summed E-state index contributed by atoms with van der Waals surface area (Å²) in [5.41, 5.74) is 6.67. The van der Waals surface area contributed by atoms with Crippen molar-refractivity contribution < 1.29 is 33.3 Å². The van der Waals surface area contributed by atoms with Crippen LogP contribution in [0.3, 0.4) is 0 Å². The Balaban J connectivity index is 1.34. The Morgan fingerprint density at radius 3 is 2.67 bits per heavy atom. The molecule has 2 aromatic heterocycles. The summed E-state index contributed by atoms with van der Waals surface area (Å²) in [5, 5.41) is 2.43. The number of amides is 3. The molecule has 3 saturated heterocycles. The number of nitrogens with two attached hydrogens (primary N) is 1. The minimum Gasteiger partial charge on any atom is -0.464 e. The third-order valence-corrected chi connectivity index (χ3v) is 7.03. The maximum Gasteiger partial charge on any atom is 0.328 e. The Morgan fingerprint density at radius 2 is 1.90 bits per heavy atom. The molecule has 3 aliphatic heterocycles. The molecule has 3 aliphatic rings. The highest BCUT2D eigenvalue weighted by Crippen LogP contribution is 2.45. The van der Waals surface area contributed by atoms with E-state index in [1.165, 1.54) is 17.6 Å². The number of fused-ring (bicyclic) bond motifs is 2. The fourth-order valence-electron chi connectivity index (χ4n) is 5.36. The zero-order valence-corrected chi connectivity index (χ0v) is 21.0. The molecular formula is C25H27N7O7. The summed E-state index contributed by atoms with van der Waals surface area (Å²) in [4.78, 5) is 52.1. The smallest absolute Gasteiger partial charge is 0.328 e. The first-order valence-electron chi connectivity index (χ1n) is 12.7. The molecular weight excluding hydrogens is 510 g/mol. The number of hydrogen-bond acceptors (Lipinski definition) is 10. The van der Waals surface area contributed by atoms with Crippen LogP contribution in [0.5, 0.6) is 0 Å². The summed E-state index contributed by atoms with van der Waals surface area (Å²) >= 11 is 0. The maximum atomic E-state index is 13.9. The van der Waals surface area contributed by atoms with Gasteiger partial charge < -0.3 is 29.6 Å². The van der Waals surface area contributed by atoms with Gasteiger partial charge in [-0.2, -0.15) is 0 Å². The van der Waals surface area contributed by atoms with E-state index in [-0.39, 0.29) is 23.8 Å². The number of ether oxygens (including phenoxy) is 4. The van der Waals surface area contributed by atoms with Crippen LogP contribution < -0.4 is 11.1 Å². The summed E-state index contributed by atoms with van der Waals surface area (Å²) in [5.74, 6) is -0.684. The van der Waals surface area contributed by atoms with E-state index in [0.29, 0.717) is 25.0 Å². The van der Waals surface area contributed by atoms with Crippen molar-refractivity contribution in [1.29, 1.82) is 0 Å². The van der Waals surface area contributed by atoms with Gasteiger partial charge in [0.25, 0.3) is 5.91 Å². The lowest BCUT2D eigenvalue weighted by Crippen LogP contribution is -2.49. The highest BCUT2D eigenvalue weighted by atomic mass is 16.8. The number of anilines is 1. The van der Waals surface area contributed by atoms with Gasteiger partial charge in [0, 0.05) is 12.1 Å². The highest BCUT2D eigenvalue weighted by Gasteiger charge is 2.58. The van der Waals surface area contributed by atoms with Crippen molar-refractivity contribution in [3.63, 3.8) is 0 Å². The number of carbonyl (C=O) groups excluding carboxylic acids is 3. The minimum atomic E-state index is -1.06. The van der Waals surface area contributed by atoms with Crippen molar-refractivity contribution in [2.24, 2.45) is 5.73 Å². The van der Waals surface area contributed by atoms with E-state index in [0.717, 1.165) is 5.56 Å². The van der Waals surface area contributed by atoms with Gasteiger partial charge in [-0.15, -0.1) is 0 Å². The third-order valence-electron chi connectivity index (χ3n) is 7.03. The Hall–Kier alpha value is -4.14. The number of hydrogen-bond donors (Lipinski definition) is 2. The summed E-state index contributed by atoms with van der Waals surface area (Å²) in [7, 11) is 0. The van der Waals surface area contributed by atoms with Crippen molar-refractivity contribution in [3.05, 3.63) is 48.5 Å². The van der Waals surface area contributed by atoms with Gasteiger partial charge in [0.1, 0.15) is 24.6 Å². The molecule has 0 bridgehead atoms. The number of imidazole rings is 1. The number of primary amides is 1. The average Bonchev–Trinajstić information content (AvgIpc) is 3.72. The second kappa shape index (κ2) is 10.2. The van der Waals surface area contributed by atoms with Crippen molar-refractivity contribution in [1.82, 2.24) is 24.4 Å². The number of rotatable bonds is 6. The molecule has 5 heterocycles. The van der Waals surface area contributed by atoms with Gasteiger partial charge in [-0.3, -0.25) is 14.7 Å². The molecule has 3 amide bonds. The van der Waals surface area contributed by atoms with Gasteiger partial charge in [0.05, 0.1) is 12.9 Å². The van der Waals surface area contributed by atoms with Crippen molar-refractivity contribution in [2.45, 2.75) is 56.6 Å². The molecule has 0 radical (unpaired) electrons. The van der Waals surface area contributed by atoms with Crippen LogP contribution in [0, 0.1) is 0 Å². The number of nitrogens with one attached hydrogen (secondary N) is 1. The molecule has 204 valence electrons. The molecule has 3 aromatic rings. The normalized spacial score (nSPS) is 28.0. The predicted octanol–water partition coefficient (Wildman–Crippen LogP) is 1.25. The first-order chi connectivity index (χ1) is 19.0. The quantitative estimate of drug-likeness (QED) is 0.436. The lowest BCUT2D eigenvalue weighted by atomic mass is 10.1. The molecule has 3 fully saturated rings. The standard InChI is InChI=1S/C25H27N7O7/c1-2-36-23(34)14-9-6-10-31(14)21(33)17-16-18(39-24(38-16)13-7-4-3-5-8-13)22(37-17)32-12-29-15-19(30-25(26)35)27-11-28-20(15)32/h3-5,7-8,11-12,14,16-18,22,24H,2,6,9-10H2,1H3,(H3,26,27,28,30,35)/t14-,16?,17?,18?,22?,24-/m0/s1. The second-order valence-electron chi connectivity index (χ2n) is 9.37. The Labute approximate surface area is 222 Å². The summed E-state index contributed by atoms with van der Waals surface area (Å²) < 4.78 is 25.7. The molecule has 1 aromatic carbocycles. The van der Waals surface area contributed by atoms with Crippen LogP contribution in [-0.2, 0) is 28.5 Å². The number of esters is 1. The topological polar surface area (TPSA) is 173 Å². The molecule has 14 heteroatoms. The van der Waals surface area contributed by atoms with E-state index >= 15 is 0 Å². The zero-order valence-electron chi connectivity index (χ0n) is 21.0. The average molecular weight is 538 g/mol. The van der Waals surface area contributed by atoms with Crippen LogP contribution in [0.25, 0.3) is 11.2 Å². The summed E-state index contributed by atoms with van der Waals surface area (Å²) in [6, 6.07) is 7.88.